The van der Waals surface area contributed by atoms with Crippen LogP contribution in [0.2, 0.25) is 0 Å². The van der Waals surface area contributed by atoms with E-state index in [0.717, 1.165) is 30.7 Å². The second kappa shape index (κ2) is 7.73. The van der Waals surface area contributed by atoms with Crippen LogP contribution in [0.3, 0.4) is 0 Å². The smallest absolute Gasteiger partial charge is 0.0962 e. The molecule has 0 atom stereocenters. The van der Waals surface area contributed by atoms with Gasteiger partial charge in [-0.1, -0.05) is 27.7 Å². The lowest BCUT2D eigenvalue weighted by molar-refractivity contribution is 0.258. The fraction of sp³-hybridized carbons (Fsp3) is 0.833. The Morgan fingerprint density at radius 3 is 2.33 bits per heavy atom. The minimum Gasteiger partial charge on any atom is -0.315 e. The molecule has 0 unspecified atom stereocenters. The number of thiazole rings is 1. The minimum absolute atomic E-state index is 0.687. The third-order valence-corrected chi connectivity index (χ3v) is 6.06. The van der Waals surface area contributed by atoms with Crippen LogP contribution in [0.15, 0.2) is 0 Å². The summed E-state index contributed by atoms with van der Waals surface area (Å²) in [4.78, 5) is 6.51. The first kappa shape index (κ1) is 17.0. The molecule has 1 saturated carbocycles. The highest BCUT2D eigenvalue weighted by Gasteiger charge is 2.27. The van der Waals surface area contributed by atoms with E-state index in [-0.39, 0.29) is 0 Å². The largest absolute Gasteiger partial charge is 0.315 e. The molecule has 0 aliphatic heterocycles. The van der Waals surface area contributed by atoms with Gasteiger partial charge in [-0.2, -0.15) is 0 Å². The van der Waals surface area contributed by atoms with Crippen LogP contribution in [-0.2, 0) is 13.0 Å². The molecule has 120 valence electrons. The standard InChI is InChI=1S/C18H32N2S/c1-12(2)10-16-17(11-19-5)21-18(20-16)15-8-6-14(7-9-15)13(3)4/h12-15,19H,6-11H2,1-5H3. The van der Waals surface area contributed by atoms with Crippen molar-refractivity contribution in [2.24, 2.45) is 17.8 Å². The van der Waals surface area contributed by atoms with Crippen LogP contribution < -0.4 is 5.32 Å². The highest BCUT2D eigenvalue weighted by atomic mass is 32.1. The highest BCUT2D eigenvalue weighted by molar-refractivity contribution is 7.11. The summed E-state index contributed by atoms with van der Waals surface area (Å²) in [6, 6.07) is 0. The molecule has 0 radical (unpaired) electrons. The lowest BCUT2D eigenvalue weighted by Crippen LogP contribution is -2.17. The number of hydrogen-bond donors (Lipinski definition) is 1. The predicted molar refractivity (Wildman–Crippen MR) is 93.0 cm³/mol. The third kappa shape index (κ3) is 4.53. The van der Waals surface area contributed by atoms with Crippen LogP contribution in [0, 0.1) is 17.8 Å². The fourth-order valence-corrected chi connectivity index (χ4v) is 4.73. The normalized spacial score (nSPS) is 23.2. The van der Waals surface area contributed by atoms with E-state index in [0.29, 0.717) is 5.92 Å². The van der Waals surface area contributed by atoms with Gasteiger partial charge in [0.1, 0.15) is 0 Å². The van der Waals surface area contributed by atoms with Gasteiger partial charge in [-0.05, 0) is 56.9 Å². The van der Waals surface area contributed by atoms with E-state index in [9.17, 15) is 0 Å². The molecule has 1 heterocycles. The van der Waals surface area contributed by atoms with Gasteiger partial charge < -0.3 is 5.32 Å². The topological polar surface area (TPSA) is 24.9 Å². The molecule has 3 heteroatoms. The summed E-state index contributed by atoms with van der Waals surface area (Å²) in [6.45, 7) is 10.3. The van der Waals surface area contributed by atoms with Crippen LogP contribution >= 0.6 is 11.3 Å². The molecule has 1 aromatic heterocycles. The van der Waals surface area contributed by atoms with E-state index in [2.05, 4.69) is 33.0 Å². The molecule has 1 fully saturated rings. The van der Waals surface area contributed by atoms with Crippen LogP contribution in [-0.4, -0.2) is 12.0 Å². The molecule has 1 aliphatic carbocycles. The Balaban J connectivity index is 2.06. The van der Waals surface area contributed by atoms with Gasteiger partial charge in [-0.15, -0.1) is 11.3 Å². The summed E-state index contributed by atoms with van der Waals surface area (Å²) in [7, 11) is 2.03. The second-order valence-corrected chi connectivity index (χ2v) is 8.52. The summed E-state index contributed by atoms with van der Waals surface area (Å²) < 4.78 is 0. The van der Waals surface area contributed by atoms with Crippen LogP contribution in [0.4, 0.5) is 0 Å². The predicted octanol–water partition coefficient (Wildman–Crippen LogP) is 4.99. The second-order valence-electron chi connectivity index (χ2n) is 7.41. The van der Waals surface area contributed by atoms with E-state index in [4.69, 9.17) is 4.98 Å². The Hall–Kier alpha value is -0.410. The molecule has 2 nitrogen and oxygen atoms in total. The molecule has 21 heavy (non-hydrogen) atoms. The third-order valence-electron chi connectivity index (χ3n) is 4.80. The molecule has 2 rings (SSSR count). The Morgan fingerprint density at radius 1 is 1.14 bits per heavy atom. The highest BCUT2D eigenvalue weighted by Crippen LogP contribution is 2.40. The molecular formula is C18H32N2S. The number of nitrogens with zero attached hydrogens (tertiary/aromatic N) is 1. The maximum absolute atomic E-state index is 5.04. The molecule has 0 saturated heterocycles. The average molecular weight is 309 g/mol. The molecule has 1 aromatic rings. The summed E-state index contributed by atoms with van der Waals surface area (Å²) in [5.41, 5.74) is 1.35. The summed E-state index contributed by atoms with van der Waals surface area (Å²) in [5, 5.41) is 4.72. The summed E-state index contributed by atoms with van der Waals surface area (Å²) >= 11 is 1.97. The zero-order chi connectivity index (χ0) is 15.4. The SMILES string of the molecule is CNCc1sc(C2CCC(C(C)C)CC2)nc1CC(C)C. The zero-order valence-corrected chi connectivity index (χ0v) is 15.2. The van der Waals surface area contributed by atoms with Crippen molar-refractivity contribution in [1.82, 2.24) is 10.3 Å². The number of hydrogen-bond acceptors (Lipinski definition) is 3. The molecule has 1 aliphatic rings. The van der Waals surface area contributed by atoms with Gasteiger partial charge >= 0.3 is 0 Å². The molecule has 0 spiro atoms. The lowest BCUT2D eigenvalue weighted by Gasteiger charge is -2.29. The van der Waals surface area contributed by atoms with Crippen molar-refractivity contribution in [3.05, 3.63) is 15.6 Å². The van der Waals surface area contributed by atoms with Crippen molar-refractivity contribution in [2.45, 2.75) is 72.3 Å². The van der Waals surface area contributed by atoms with Crippen LogP contribution in [0.5, 0.6) is 0 Å². The minimum atomic E-state index is 0.687. The Bertz CT molecular complexity index is 428. The van der Waals surface area contributed by atoms with Gasteiger partial charge in [0.25, 0.3) is 0 Å². The van der Waals surface area contributed by atoms with Gasteiger partial charge in [-0.3, -0.25) is 0 Å². The molecule has 0 bridgehead atoms. The monoisotopic (exact) mass is 308 g/mol. The Labute approximate surface area is 134 Å². The van der Waals surface area contributed by atoms with E-state index >= 15 is 0 Å². The van der Waals surface area contributed by atoms with Gasteiger partial charge in [0, 0.05) is 17.3 Å². The summed E-state index contributed by atoms with van der Waals surface area (Å²) in [6.07, 6.45) is 6.59. The molecule has 1 N–H and O–H groups in total. The maximum atomic E-state index is 5.04. The molecule has 0 amide bonds. The van der Waals surface area contributed by atoms with Crippen LogP contribution in [0.1, 0.15) is 74.9 Å². The number of rotatable bonds is 6. The van der Waals surface area contributed by atoms with Gasteiger partial charge in [0.15, 0.2) is 0 Å². The molecular weight excluding hydrogens is 276 g/mol. The number of aromatic nitrogens is 1. The first-order valence-electron chi connectivity index (χ1n) is 8.64. The van der Waals surface area contributed by atoms with Gasteiger partial charge in [0.05, 0.1) is 10.7 Å². The van der Waals surface area contributed by atoms with Gasteiger partial charge in [0.2, 0.25) is 0 Å². The molecule has 0 aromatic carbocycles. The maximum Gasteiger partial charge on any atom is 0.0962 e. The van der Waals surface area contributed by atoms with Crippen molar-refractivity contribution < 1.29 is 0 Å². The van der Waals surface area contributed by atoms with Gasteiger partial charge in [-0.25, -0.2) is 4.98 Å². The van der Waals surface area contributed by atoms with Crippen LogP contribution in [0.25, 0.3) is 0 Å². The van der Waals surface area contributed by atoms with E-state index in [1.807, 2.05) is 18.4 Å². The lowest BCUT2D eigenvalue weighted by atomic mass is 9.77. The first-order valence-corrected chi connectivity index (χ1v) is 9.46. The first-order chi connectivity index (χ1) is 10.0. The Kier molecular flexibility index (Phi) is 6.24. The zero-order valence-electron chi connectivity index (χ0n) is 14.4. The fourth-order valence-electron chi connectivity index (χ4n) is 3.46. The quantitative estimate of drug-likeness (QED) is 0.800. The van der Waals surface area contributed by atoms with Crippen molar-refractivity contribution >= 4 is 11.3 Å². The number of nitrogens with one attached hydrogen (secondary N) is 1. The van der Waals surface area contributed by atoms with Crippen molar-refractivity contribution in [1.29, 1.82) is 0 Å². The van der Waals surface area contributed by atoms with Crippen molar-refractivity contribution in [3.8, 4) is 0 Å². The van der Waals surface area contributed by atoms with Crippen molar-refractivity contribution in [3.63, 3.8) is 0 Å². The Morgan fingerprint density at radius 2 is 1.81 bits per heavy atom. The van der Waals surface area contributed by atoms with Crippen molar-refractivity contribution in [2.75, 3.05) is 7.05 Å². The average Bonchev–Trinajstić information content (AvgIpc) is 2.82. The van der Waals surface area contributed by atoms with E-state index < -0.39 is 0 Å². The summed E-state index contributed by atoms with van der Waals surface area (Å²) in [5.74, 6) is 3.19. The van der Waals surface area contributed by atoms with E-state index in [1.54, 1.807) is 0 Å². The van der Waals surface area contributed by atoms with E-state index in [1.165, 1.54) is 41.3 Å².